The van der Waals surface area contributed by atoms with Crippen molar-refractivity contribution < 1.29 is 4.79 Å². The van der Waals surface area contributed by atoms with Gasteiger partial charge >= 0.3 is 0 Å². The van der Waals surface area contributed by atoms with Crippen LogP contribution in [-0.4, -0.2) is 43.0 Å². The van der Waals surface area contributed by atoms with Gasteiger partial charge in [0.05, 0.1) is 5.69 Å². The van der Waals surface area contributed by atoms with E-state index >= 15 is 0 Å². The number of nitrogens with zero attached hydrogens (tertiary/aromatic N) is 4. The van der Waals surface area contributed by atoms with Gasteiger partial charge in [0.2, 0.25) is 11.9 Å². The van der Waals surface area contributed by atoms with Gasteiger partial charge in [0.25, 0.3) is 11.3 Å². The summed E-state index contributed by atoms with van der Waals surface area (Å²) in [6, 6.07) is 7.82. The third kappa shape index (κ3) is 4.80. The summed E-state index contributed by atoms with van der Waals surface area (Å²) in [5.41, 5.74) is 1.99. The molecule has 9 heteroatoms. The molecule has 1 saturated heterocycles. The average molecular weight is 457 g/mol. The molecule has 2 N–H and O–H groups in total. The van der Waals surface area contributed by atoms with E-state index in [-0.39, 0.29) is 11.5 Å². The van der Waals surface area contributed by atoms with Gasteiger partial charge < -0.3 is 10.2 Å². The van der Waals surface area contributed by atoms with E-state index in [1.165, 1.54) is 10.9 Å². The molecule has 1 fully saturated rings. The molecule has 3 heterocycles. The molecule has 3 aromatic rings. The number of halogens is 1. The molecule has 0 aliphatic carbocycles. The number of nitrogens with one attached hydrogen (secondary N) is 2. The third-order valence-corrected chi connectivity index (χ3v) is 6.43. The van der Waals surface area contributed by atoms with Crippen LogP contribution in [0.5, 0.6) is 0 Å². The lowest BCUT2D eigenvalue weighted by atomic mass is 9.99. The molecule has 0 bridgehead atoms. The Kier molecular flexibility index (Phi) is 6.79. The maximum atomic E-state index is 13.1. The highest BCUT2D eigenvalue weighted by atomic mass is 35.5. The average Bonchev–Trinajstić information content (AvgIpc) is 3.21. The number of fused-ring (bicyclic) bond motifs is 1. The summed E-state index contributed by atoms with van der Waals surface area (Å²) >= 11 is 5.92. The Hall–Kier alpha value is -2.87. The first-order valence-corrected chi connectivity index (χ1v) is 11.6. The Bertz CT molecular complexity index is 1150. The molecule has 1 aliphatic heterocycles. The van der Waals surface area contributed by atoms with Gasteiger partial charge in [-0.05, 0) is 56.7 Å². The Labute approximate surface area is 192 Å². The molecule has 1 atom stereocenters. The van der Waals surface area contributed by atoms with Crippen LogP contribution in [0.2, 0.25) is 5.02 Å². The third-order valence-electron chi connectivity index (χ3n) is 6.18. The predicted molar refractivity (Wildman–Crippen MR) is 125 cm³/mol. The molecule has 0 radical (unpaired) electrons. The van der Waals surface area contributed by atoms with Crippen molar-refractivity contribution in [1.82, 2.24) is 24.5 Å². The zero-order valence-corrected chi connectivity index (χ0v) is 19.3. The first-order chi connectivity index (χ1) is 15.5. The standard InChI is InChI=1S/C23H29ClN6O2/c1-3-18-6-4-5-13-29(18)20(31)12-11-19-15(2)26-23-27-22(28-30(23)21(19)32)25-14-16-7-9-17(24)10-8-16/h7-10,18H,3-6,11-14H2,1-2H3,(H2,25,26,27,28)/t18-/m1/s1. The largest absolute Gasteiger partial charge is 0.351 e. The lowest BCUT2D eigenvalue weighted by molar-refractivity contribution is -0.134. The Balaban J connectivity index is 1.47. The minimum absolute atomic E-state index is 0.121. The van der Waals surface area contributed by atoms with E-state index in [1.807, 2.05) is 29.2 Å². The first-order valence-electron chi connectivity index (χ1n) is 11.2. The monoisotopic (exact) mass is 456 g/mol. The van der Waals surface area contributed by atoms with Gasteiger partial charge in [-0.25, -0.2) is 4.98 Å². The number of rotatable bonds is 7. The molecule has 0 spiro atoms. The van der Waals surface area contributed by atoms with E-state index in [0.29, 0.717) is 53.4 Å². The second-order valence-corrected chi connectivity index (χ2v) is 8.75. The highest BCUT2D eigenvalue weighted by Crippen LogP contribution is 2.21. The number of piperidine rings is 1. The van der Waals surface area contributed by atoms with Gasteiger partial charge in [0.1, 0.15) is 0 Å². The molecule has 8 nitrogen and oxygen atoms in total. The summed E-state index contributed by atoms with van der Waals surface area (Å²) in [5.74, 6) is 0.884. The summed E-state index contributed by atoms with van der Waals surface area (Å²) < 4.78 is 1.34. The van der Waals surface area contributed by atoms with E-state index in [9.17, 15) is 9.59 Å². The number of aromatic amines is 1. The molecule has 4 rings (SSSR count). The van der Waals surface area contributed by atoms with Crippen LogP contribution in [-0.2, 0) is 17.8 Å². The van der Waals surface area contributed by atoms with Gasteiger partial charge in [-0.15, -0.1) is 0 Å². The van der Waals surface area contributed by atoms with Crippen LogP contribution in [0.15, 0.2) is 29.1 Å². The van der Waals surface area contributed by atoms with Crippen molar-refractivity contribution in [3.8, 4) is 0 Å². The topological polar surface area (TPSA) is 95.4 Å². The number of aryl methyl sites for hydroxylation is 1. The Morgan fingerprint density at radius 3 is 2.78 bits per heavy atom. The minimum atomic E-state index is -0.210. The SMILES string of the molecule is CC[C@@H]1CCCCN1C(=O)CCc1c(C)nc2nc(NCc3ccc(Cl)cc3)[nH]n2c1=O. The normalized spacial score (nSPS) is 16.5. The fourth-order valence-corrected chi connectivity index (χ4v) is 4.46. The molecule has 1 amide bonds. The second-order valence-electron chi connectivity index (χ2n) is 8.31. The van der Waals surface area contributed by atoms with Crippen molar-refractivity contribution in [1.29, 1.82) is 0 Å². The van der Waals surface area contributed by atoms with E-state index in [4.69, 9.17) is 11.6 Å². The van der Waals surface area contributed by atoms with Gasteiger partial charge in [0.15, 0.2) is 0 Å². The first kappa shape index (κ1) is 22.3. The summed E-state index contributed by atoms with van der Waals surface area (Å²) in [7, 11) is 0. The summed E-state index contributed by atoms with van der Waals surface area (Å²) in [4.78, 5) is 36.8. The van der Waals surface area contributed by atoms with Crippen molar-refractivity contribution in [3.63, 3.8) is 0 Å². The number of anilines is 1. The van der Waals surface area contributed by atoms with Crippen molar-refractivity contribution in [2.75, 3.05) is 11.9 Å². The zero-order chi connectivity index (χ0) is 22.7. The van der Waals surface area contributed by atoms with Crippen LogP contribution in [0.3, 0.4) is 0 Å². The quantitative estimate of drug-likeness (QED) is 0.565. The number of benzene rings is 1. The molecule has 32 heavy (non-hydrogen) atoms. The van der Waals surface area contributed by atoms with Gasteiger partial charge in [-0.2, -0.15) is 9.50 Å². The number of H-pyrrole nitrogens is 1. The number of hydrogen-bond acceptors (Lipinski definition) is 5. The second kappa shape index (κ2) is 9.73. The molecule has 0 unspecified atom stereocenters. The van der Waals surface area contributed by atoms with Crippen LogP contribution < -0.4 is 10.9 Å². The zero-order valence-electron chi connectivity index (χ0n) is 18.5. The number of likely N-dealkylation sites (tertiary alicyclic amines) is 1. The van der Waals surface area contributed by atoms with Crippen molar-refractivity contribution in [2.24, 2.45) is 0 Å². The van der Waals surface area contributed by atoms with E-state index in [1.54, 1.807) is 6.92 Å². The Morgan fingerprint density at radius 2 is 2.03 bits per heavy atom. The molecule has 1 aromatic carbocycles. The summed E-state index contributed by atoms with van der Waals surface area (Å²) in [6.45, 7) is 5.27. The lowest BCUT2D eigenvalue weighted by Gasteiger charge is -2.35. The van der Waals surface area contributed by atoms with E-state index in [2.05, 4.69) is 27.3 Å². The fourth-order valence-electron chi connectivity index (χ4n) is 4.34. The summed E-state index contributed by atoms with van der Waals surface area (Å²) in [6.07, 6.45) is 4.96. The number of aromatic nitrogens is 4. The van der Waals surface area contributed by atoms with Crippen molar-refractivity contribution in [2.45, 2.75) is 65.0 Å². The van der Waals surface area contributed by atoms with Crippen molar-refractivity contribution >= 4 is 29.2 Å². The number of hydrogen-bond donors (Lipinski definition) is 2. The number of amides is 1. The number of carbonyl (C=O) groups excluding carboxylic acids is 1. The Morgan fingerprint density at radius 1 is 1.25 bits per heavy atom. The van der Waals surface area contributed by atoms with Crippen LogP contribution >= 0.6 is 11.6 Å². The molecule has 0 saturated carbocycles. The minimum Gasteiger partial charge on any atom is -0.351 e. The molecule has 1 aliphatic rings. The van der Waals surface area contributed by atoms with Crippen LogP contribution in [0.4, 0.5) is 5.95 Å². The molecular formula is C23H29ClN6O2. The maximum Gasteiger partial charge on any atom is 0.277 e. The van der Waals surface area contributed by atoms with Gasteiger partial charge in [-0.3, -0.25) is 14.7 Å². The van der Waals surface area contributed by atoms with Gasteiger partial charge in [-0.1, -0.05) is 30.7 Å². The highest BCUT2D eigenvalue weighted by Gasteiger charge is 2.25. The van der Waals surface area contributed by atoms with Crippen molar-refractivity contribution in [3.05, 3.63) is 56.5 Å². The van der Waals surface area contributed by atoms with E-state index < -0.39 is 0 Å². The molecular weight excluding hydrogens is 428 g/mol. The van der Waals surface area contributed by atoms with Gasteiger partial charge in [0, 0.05) is 36.1 Å². The maximum absolute atomic E-state index is 13.1. The highest BCUT2D eigenvalue weighted by molar-refractivity contribution is 6.30. The predicted octanol–water partition coefficient (Wildman–Crippen LogP) is 3.72. The summed E-state index contributed by atoms with van der Waals surface area (Å²) in [5, 5.41) is 6.83. The fraction of sp³-hybridized carbons (Fsp3) is 0.478. The molecule has 170 valence electrons. The van der Waals surface area contributed by atoms with Crippen LogP contribution in [0.1, 0.15) is 55.8 Å². The lowest BCUT2D eigenvalue weighted by Crippen LogP contribution is -2.43. The van der Waals surface area contributed by atoms with Crippen LogP contribution in [0.25, 0.3) is 5.78 Å². The van der Waals surface area contributed by atoms with E-state index in [0.717, 1.165) is 31.4 Å². The number of carbonyl (C=O) groups is 1. The van der Waals surface area contributed by atoms with Crippen LogP contribution in [0, 0.1) is 6.92 Å². The molecule has 2 aromatic heterocycles. The smallest absolute Gasteiger partial charge is 0.277 e.